The van der Waals surface area contributed by atoms with E-state index in [2.05, 4.69) is 19.9 Å². The zero-order chi connectivity index (χ0) is 11.5. The van der Waals surface area contributed by atoms with E-state index in [1.807, 2.05) is 33.2 Å². The molecule has 2 aromatic rings. The van der Waals surface area contributed by atoms with Crippen molar-refractivity contribution in [3.8, 4) is 11.3 Å². The molecule has 0 spiro atoms. The lowest BCUT2D eigenvalue weighted by molar-refractivity contribution is 0.796. The van der Waals surface area contributed by atoms with Gasteiger partial charge in [0.1, 0.15) is 5.82 Å². The molecule has 0 atom stereocenters. The van der Waals surface area contributed by atoms with Crippen LogP contribution in [0.3, 0.4) is 0 Å². The van der Waals surface area contributed by atoms with Crippen molar-refractivity contribution in [2.45, 2.75) is 13.5 Å². The fourth-order valence-corrected chi connectivity index (χ4v) is 1.84. The summed E-state index contributed by atoms with van der Waals surface area (Å²) in [5, 5.41) is 3.14. The Morgan fingerprint density at radius 2 is 2.00 bits per heavy atom. The Labute approximate surface area is 95.4 Å². The predicted molar refractivity (Wildman–Crippen MR) is 63.9 cm³/mol. The van der Waals surface area contributed by atoms with E-state index >= 15 is 0 Å². The third-order valence-corrected chi connectivity index (χ3v) is 2.69. The van der Waals surface area contributed by atoms with Gasteiger partial charge in [0.2, 0.25) is 0 Å². The number of rotatable bonds is 3. The molecule has 2 rings (SSSR count). The smallest absolute Gasteiger partial charge is 0.106 e. The van der Waals surface area contributed by atoms with E-state index in [1.54, 1.807) is 12.4 Å². The Hall–Kier alpha value is -1.68. The van der Waals surface area contributed by atoms with Gasteiger partial charge in [-0.3, -0.25) is 4.98 Å². The van der Waals surface area contributed by atoms with Crippen LogP contribution in [0.15, 0.2) is 24.5 Å². The number of hydrogen-bond acceptors (Lipinski definition) is 3. The summed E-state index contributed by atoms with van der Waals surface area (Å²) < 4.78 is 2.11. The van der Waals surface area contributed by atoms with Crippen LogP contribution in [0, 0.1) is 6.92 Å². The molecule has 0 saturated carbocycles. The molecule has 0 unspecified atom stereocenters. The minimum atomic E-state index is 0.777. The molecule has 0 aliphatic carbocycles. The van der Waals surface area contributed by atoms with E-state index in [0.29, 0.717) is 0 Å². The number of nitrogens with zero attached hydrogens (tertiary/aromatic N) is 3. The molecule has 4 nitrogen and oxygen atoms in total. The van der Waals surface area contributed by atoms with Crippen molar-refractivity contribution < 1.29 is 0 Å². The standard InChI is InChI=1S/C12H16N4/c1-9-15-11(8-13-2)12(16(9)3)10-4-6-14-7-5-10/h4-7,13H,8H2,1-3H3. The van der Waals surface area contributed by atoms with Crippen LogP contribution in [0.25, 0.3) is 11.3 Å². The maximum Gasteiger partial charge on any atom is 0.106 e. The fourth-order valence-electron chi connectivity index (χ4n) is 1.84. The molecule has 2 heterocycles. The molecule has 16 heavy (non-hydrogen) atoms. The third kappa shape index (κ3) is 1.84. The Bertz CT molecular complexity index is 473. The summed E-state index contributed by atoms with van der Waals surface area (Å²) in [7, 11) is 3.97. The van der Waals surface area contributed by atoms with E-state index < -0.39 is 0 Å². The molecule has 0 aromatic carbocycles. The average Bonchev–Trinajstić information content (AvgIpc) is 2.57. The molecule has 0 saturated heterocycles. The van der Waals surface area contributed by atoms with Crippen molar-refractivity contribution in [2.24, 2.45) is 7.05 Å². The number of aromatic nitrogens is 3. The van der Waals surface area contributed by atoms with Crippen LogP contribution < -0.4 is 5.32 Å². The van der Waals surface area contributed by atoms with Crippen molar-refractivity contribution in [3.05, 3.63) is 36.0 Å². The second-order valence-electron chi connectivity index (χ2n) is 3.78. The molecule has 0 aliphatic rings. The highest BCUT2D eigenvalue weighted by molar-refractivity contribution is 5.62. The number of aryl methyl sites for hydroxylation is 1. The highest BCUT2D eigenvalue weighted by atomic mass is 15.1. The lowest BCUT2D eigenvalue weighted by atomic mass is 10.1. The lowest BCUT2D eigenvalue weighted by Crippen LogP contribution is -2.07. The summed E-state index contributed by atoms with van der Waals surface area (Å²) in [4.78, 5) is 8.59. The second kappa shape index (κ2) is 4.45. The van der Waals surface area contributed by atoms with Gasteiger partial charge in [-0.1, -0.05) is 0 Å². The SMILES string of the molecule is CNCc1nc(C)n(C)c1-c1ccncc1. The van der Waals surface area contributed by atoms with Crippen molar-refractivity contribution >= 4 is 0 Å². The highest BCUT2D eigenvalue weighted by Gasteiger charge is 2.12. The zero-order valence-electron chi connectivity index (χ0n) is 9.86. The van der Waals surface area contributed by atoms with Crippen molar-refractivity contribution in [1.82, 2.24) is 19.9 Å². The van der Waals surface area contributed by atoms with Gasteiger partial charge >= 0.3 is 0 Å². The van der Waals surface area contributed by atoms with Crippen LogP contribution in [0.2, 0.25) is 0 Å². The minimum Gasteiger partial charge on any atom is -0.331 e. The van der Waals surface area contributed by atoms with E-state index in [1.165, 1.54) is 0 Å². The number of hydrogen-bond donors (Lipinski definition) is 1. The van der Waals surface area contributed by atoms with E-state index in [-0.39, 0.29) is 0 Å². The molecule has 4 heteroatoms. The Morgan fingerprint density at radius 3 is 2.62 bits per heavy atom. The molecule has 1 N–H and O–H groups in total. The summed E-state index contributed by atoms with van der Waals surface area (Å²) in [5.74, 6) is 1.03. The van der Waals surface area contributed by atoms with Crippen molar-refractivity contribution in [1.29, 1.82) is 0 Å². The Kier molecular flexibility index (Phi) is 3.01. The molecule has 84 valence electrons. The summed E-state index contributed by atoms with van der Waals surface area (Å²) in [6.07, 6.45) is 3.61. The van der Waals surface area contributed by atoms with Gasteiger partial charge in [-0.2, -0.15) is 0 Å². The second-order valence-corrected chi connectivity index (χ2v) is 3.78. The molecule has 0 amide bonds. The van der Waals surface area contributed by atoms with Crippen LogP contribution in [-0.2, 0) is 13.6 Å². The van der Waals surface area contributed by atoms with Crippen molar-refractivity contribution in [2.75, 3.05) is 7.05 Å². The maximum atomic E-state index is 4.56. The van der Waals surface area contributed by atoms with Gasteiger partial charge in [0.25, 0.3) is 0 Å². The number of pyridine rings is 1. The normalized spacial score (nSPS) is 10.7. The summed E-state index contributed by atoms with van der Waals surface area (Å²) in [6.45, 7) is 2.79. The Morgan fingerprint density at radius 1 is 1.31 bits per heavy atom. The molecule has 0 radical (unpaired) electrons. The van der Waals surface area contributed by atoms with E-state index in [9.17, 15) is 0 Å². The lowest BCUT2D eigenvalue weighted by Gasteiger charge is -2.06. The molecular weight excluding hydrogens is 200 g/mol. The third-order valence-electron chi connectivity index (χ3n) is 2.69. The van der Waals surface area contributed by atoms with Gasteiger partial charge in [-0.25, -0.2) is 4.98 Å². The predicted octanol–water partition coefficient (Wildman–Crippen LogP) is 1.51. The van der Waals surface area contributed by atoms with E-state index in [4.69, 9.17) is 0 Å². The first kappa shape index (κ1) is 10.8. The highest BCUT2D eigenvalue weighted by Crippen LogP contribution is 2.23. The molecule has 2 aromatic heterocycles. The quantitative estimate of drug-likeness (QED) is 0.845. The summed E-state index contributed by atoms with van der Waals surface area (Å²) >= 11 is 0. The Balaban J connectivity index is 2.54. The fraction of sp³-hybridized carbons (Fsp3) is 0.333. The van der Waals surface area contributed by atoms with Crippen LogP contribution in [0.5, 0.6) is 0 Å². The topological polar surface area (TPSA) is 42.7 Å². The van der Waals surface area contributed by atoms with Crippen LogP contribution in [0.1, 0.15) is 11.5 Å². The van der Waals surface area contributed by atoms with Gasteiger partial charge < -0.3 is 9.88 Å². The average molecular weight is 216 g/mol. The van der Waals surface area contributed by atoms with Gasteiger partial charge in [-0.15, -0.1) is 0 Å². The van der Waals surface area contributed by atoms with Gasteiger partial charge in [0.05, 0.1) is 11.4 Å². The number of imidazole rings is 1. The van der Waals surface area contributed by atoms with Crippen LogP contribution >= 0.6 is 0 Å². The monoisotopic (exact) mass is 216 g/mol. The first-order valence-corrected chi connectivity index (χ1v) is 5.31. The van der Waals surface area contributed by atoms with Gasteiger partial charge in [0, 0.05) is 31.5 Å². The largest absolute Gasteiger partial charge is 0.331 e. The first-order valence-electron chi connectivity index (χ1n) is 5.31. The molecular formula is C12H16N4. The van der Waals surface area contributed by atoms with Crippen molar-refractivity contribution in [3.63, 3.8) is 0 Å². The summed E-state index contributed by atoms with van der Waals surface area (Å²) in [6, 6.07) is 4.02. The van der Waals surface area contributed by atoms with Crippen LogP contribution in [0.4, 0.5) is 0 Å². The van der Waals surface area contributed by atoms with Gasteiger partial charge in [0.15, 0.2) is 0 Å². The first-order chi connectivity index (χ1) is 7.74. The summed E-state index contributed by atoms with van der Waals surface area (Å²) in [5.41, 5.74) is 3.39. The number of nitrogens with one attached hydrogen (secondary N) is 1. The molecule has 0 fully saturated rings. The zero-order valence-corrected chi connectivity index (χ0v) is 9.86. The molecule has 0 aliphatic heterocycles. The maximum absolute atomic E-state index is 4.56. The van der Waals surface area contributed by atoms with Crippen LogP contribution in [-0.4, -0.2) is 21.6 Å². The molecule has 0 bridgehead atoms. The van der Waals surface area contributed by atoms with E-state index in [0.717, 1.165) is 29.3 Å². The minimum absolute atomic E-state index is 0.777. The van der Waals surface area contributed by atoms with Gasteiger partial charge in [-0.05, 0) is 26.1 Å².